The Bertz CT molecular complexity index is 444. The summed E-state index contributed by atoms with van der Waals surface area (Å²) < 4.78 is 0. The molecule has 0 spiro atoms. The second kappa shape index (κ2) is 6.66. The lowest BCUT2D eigenvalue weighted by molar-refractivity contribution is -0.385. The lowest BCUT2D eigenvalue weighted by Crippen LogP contribution is -2.35. The molecule has 1 N–H and O–H groups in total. The van der Waals surface area contributed by atoms with Crippen LogP contribution in [-0.2, 0) is 6.42 Å². The van der Waals surface area contributed by atoms with Gasteiger partial charge in [0.05, 0.1) is 4.92 Å². The molecule has 1 rings (SSSR count). The van der Waals surface area contributed by atoms with E-state index in [0.717, 1.165) is 17.5 Å². The van der Waals surface area contributed by atoms with Gasteiger partial charge in [-0.3, -0.25) is 10.1 Å². The van der Waals surface area contributed by atoms with Crippen molar-refractivity contribution in [1.82, 2.24) is 5.32 Å². The molecule has 4 nitrogen and oxygen atoms in total. The summed E-state index contributed by atoms with van der Waals surface area (Å²) >= 11 is 0. The normalized spacial score (nSPS) is 14.4. The number of rotatable bonds is 6. The summed E-state index contributed by atoms with van der Waals surface area (Å²) in [4.78, 5) is 10.7. The van der Waals surface area contributed by atoms with Gasteiger partial charge in [-0.05, 0) is 44.7 Å². The van der Waals surface area contributed by atoms with E-state index < -0.39 is 0 Å². The van der Waals surface area contributed by atoms with E-state index in [2.05, 4.69) is 26.1 Å². The molecule has 0 heterocycles. The van der Waals surface area contributed by atoms with E-state index >= 15 is 0 Å². The molecule has 2 unspecified atom stereocenters. The van der Waals surface area contributed by atoms with Crippen molar-refractivity contribution in [2.75, 3.05) is 7.05 Å². The van der Waals surface area contributed by atoms with Gasteiger partial charge in [0, 0.05) is 17.7 Å². The Morgan fingerprint density at radius 3 is 2.42 bits per heavy atom. The lowest BCUT2D eigenvalue weighted by atomic mass is 9.83. The van der Waals surface area contributed by atoms with Crippen LogP contribution in [0.3, 0.4) is 0 Å². The van der Waals surface area contributed by atoms with Gasteiger partial charge >= 0.3 is 0 Å². The average Bonchev–Trinajstić information content (AvgIpc) is 2.35. The Morgan fingerprint density at radius 1 is 1.32 bits per heavy atom. The zero-order chi connectivity index (χ0) is 14.6. The molecule has 0 aliphatic heterocycles. The number of nitrogens with zero attached hydrogens (tertiary/aromatic N) is 1. The largest absolute Gasteiger partial charge is 0.317 e. The van der Waals surface area contributed by atoms with Gasteiger partial charge in [-0.1, -0.05) is 26.0 Å². The van der Waals surface area contributed by atoms with Crippen LogP contribution < -0.4 is 5.32 Å². The van der Waals surface area contributed by atoms with E-state index in [1.54, 1.807) is 12.1 Å². The topological polar surface area (TPSA) is 55.2 Å². The van der Waals surface area contributed by atoms with Gasteiger partial charge in [0.1, 0.15) is 0 Å². The molecule has 106 valence electrons. The van der Waals surface area contributed by atoms with Crippen LogP contribution >= 0.6 is 0 Å². The fourth-order valence-electron chi connectivity index (χ4n) is 2.55. The molecule has 0 amide bonds. The second-order valence-corrected chi connectivity index (χ2v) is 5.51. The summed E-state index contributed by atoms with van der Waals surface area (Å²) in [6.07, 6.45) is 0.868. The van der Waals surface area contributed by atoms with Crippen LogP contribution in [0.2, 0.25) is 0 Å². The molecule has 0 aliphatic carbocycles. The number of nitro groups is 1. The van der Waals surface area contributed by atoms with Gasteiger partial charge in [-0.25, -0.2) is 0 Å². The Kier molecular flexibility index (Phi) is 5.48. The first-order valence-electron chi connectivity index (χ1n) is 6.78. The maximum atomic E-state index is 11.0. The fraction of sp³-hybridized carbons (Fsp3) is 0.600. The summed E-state index contributed by atoms with van der Waals surface area (Å²) in [7, 11) is 1.96. The van der Waals surface area contributed by atoms with Crippen molar-refractivity contribution in [3.05, 3.63) is 39.4 Å². The minimum absolute atomic E-state index is 0.220. The van der Waals surface area contributed by atoms with Crippen molar-refractivity contribution in [2.24, 2.45) is 11.8 Å². The SMILES string of the molecule is CNC(C)C(Cc1cccc([N+](=O)[O-])c1C)C(C)C. The quantitative estimate of drug-likeness (QED) is 0.633. The van der Waals surface area contributed by atoms with Crippen molar-refractivity contribution in [3.63, 3.8) is 0 Å². The Hall–Kier alpha value is -1.42. The zero-order valence-electron chi connectivity index (χ0n) is 12.4. The Morgan fingerprint density at radius 2 is 1.95 bits per heavy atom. The van der Waals surface area contributed by atoms with Crippen LogP contribution in [0.4, 0.5) is 5.69 Å². The first kappa shape index (κ1) is 15.6. The fourth-order valence-corrected chi connectivity index (χ4v) is 2.55. The average molecular weight is 264 g/mol. The van der Waals surface area contributed by atoms with Crippen LogP contribution in [0, 0.1) is 28.9 Å². The van der Waals surface area contributed by atoms with Gasteiger partial charge < -0.3 is 5.32 Å². The van der Waals surface area contributed by atoms with Crippen molar-refractivity contribution < 1.29 is 4.92 Å². The number of benzene rings is 1. The minimum Gasteiger partial charge on any atom is -0.317 e. The molecule has 0 fully saturated rings. The smallest absolute Gasteiger partial charge is 0.272 e. The summed E-state index contributed by atoms with van der Waals surface area (Å²) in [6, 6.07) is 5.74. The van der Waals surface area contributed by atoms with Gasteiger partial charge in [0.25, 0.3) is 5.69 Å². The van der Waals surface area contributed by atoms with E-state index in [9.17, 15) is 10.1 Å². The molecule has 0 radical (unpaired) electrons. The van der Waals surface area contributed by atoms with Crippen LogP contribution in [0.1, 0.15) is 31.9 Å². The molecular formula is C15H24N2O2. The third-order valence-corrected chi connectivity index (χ3v) is 4.02. The van der Waals surface area contributed by atoms with E-state index in [-0.39, 0.29) is 10.6 Å². The maximum Gasteiger partial charge on any atom is 0.272 e. The predicted octanol–water partition coefficient (Wildman–Crippen LogP) is 3.33. The Labute approximate surface area is 115 Å². The number of nitrogens with one attached hydrogen (secondary N) is 1. The first-order chi connectivity index (χ1) is 8.88. The van der Waals surface area contributed by atoms with Crippen LogP contribution in [0.5, 0.6) is 0 Å². The highest BCUT2D eigenvalue weighted by Crippen LogP contribution is 2.27. The molecule has 0 saturated carbocycles. The summed E-state index contributed by atoms with van der Waals surface area (Å²) in [6.45, 7) is 8.41. The summed E-state index contributed by atoms with van der Waals surface area (Å²) in [5, 5.41) is 14.3. The standard InChI is InChI=1S/C15H24N2O2/c1-10(2)14(12(4)16-5)9-13-7-6-8-15(11(13)3)17(18)19/h6-8,10,12,14,16H,9H2,1-5H3. The molecule has 0 saturated heterocycles. The Balaban J connectivity index is 3.03. The van der Waals surface area contributed by atoms with Gasteiger partial charge in [-0.15, -0.1) is 0 Å². The highest BCUT2D eigenvalue weighted by molar-refractivity contribution is 5.44. The molecular weight excluding hydrogens is 240 g/mol. The third-order valence-electron chi connectivity index (χ3n) is 4.02. The summed E-state index contributed by atoms with van der Waals surface area (Å²) in [5.41, 5.74) is 2.09. The molecule has 4 heteroatoms. The molecule has 1 aromatic carbocycles. The van der Waals surface area contributed by atoms with Crippen LogP contribution in [-0.4, -0.2) is 18.0 Å². The predicted molar refractivity (Wildman–Crippen MR) is 78.4 cm³/mol. The van der Waals surface area contributed by atoms with Gasteiger partial charge in [0.15, 0.2) is 0 Å². The zero-order valence-corrected chi connectivity index (χ0v) is 12.4. The highest BCUT2D eigenvalue weighted by Gasteiger charge is 2.22. The molecule has 0 aliphatic rings. The number of nitro benzene ring substituents is 1. The first-order valence-corrected chi connectivity index (χ1v) is 6.78. The van der Waals surface area contributed by atoms with Crippen molar-refractivity contribution in [2.45, 2.75) is 40.2 Å². The second-order valence-electron chi connectivity index (χ2n) is 5.51. The molecule has 19 heavy (non-hydrogen) atoms. The highest BCUT2D eigenvalue weighted by atomic mass is 16.6. The van der Waals surface area contributed by atoms with E-state index in [0.29, 0.717) is 17.9 Å². The van der Waals surface area contributed by atoms with Crippen LogP contribution in [0.25, 0.3) is 0 Å². The van der Waals surface area contributed by atoms with Gasteiger partial charge in [0.2, 0.25) is 0 Å². The van der Waals surface area contributed by atoms with Crippen LogP contribution in [0.15, 0.2) is 18.2 Å². The number of hydrogen-bond acceptors (Lipinski definition) is 3. The van der Waals surface area contributed by atoms with E-state index in [4.69, 9.17) is 0 Å². The van der Waals surface area contributed by atoms with Crippen molar-refractivity contribution in [1.29, 1.82) is 0 Å². The molecule has 0 aromatic heterocycles. The van der Waals surface area contributed by atoms with E-state index in [1.165, 1.54) is 0 Å². The van der Waals surface area contributed by atoms with Crippen molar-refractivity contribution >= 4 is 5.69 Å². The monoisotopic (exact) mass is 264 g/mol. The summed E-state index contributed by atoms with van der Waals surface area (Å²) in [5.74, 6) is 0.992. The molecule has 2 atom stereocenters. The molecule has 1 aromatic rings. The molecule has 0 bridgehead atoms. The minimum atomic E-state index is -0.301. The van der Waals surface area contributed by atoms with Crippen molar-refractivity contribution in [3.8, 4) is 0 Å². The maximum absolute atomic E-state index is 11.0. The lowest BCUT2D eigenvalue weighted by Gasteiger charge is -2.27. The third kappa shape index (κ3) is 3.77. The van der Waals surface area contributed by atoms with Gasteiger partial charge in [-0.2, -0.15) is 0 Å². The van der Waals surface area contributed by atoms with E-state index in [1.807, 2.05) is 20.0 Å². The number of hydrogen-bond donors (Lipinski definition) is 1.